The Hall–Kier alpha value is -0.940. The number of aromatic nitrogens is 2. The Morgan fingerprint density at radius 2 is 2.25 bits per heavy atom. The lowest BCUT2D eigenvalue weighted by atomic mass is 10.2. The maximum absolute atomic E-state index is 13.8. The van der Waals surface area contributed by atoms with Gasteiger partial charge in [-0.2, -0.15) is 5.10 Å². The standard InChI is InChI=1S/C11H10BrFN2O/c1-6-11-9(13)2-7(12)3-10(11)15(14-6)8-4-16-5-8/h2-3,8H,4-5H2,1H3. The van der Waals surface area contributed by atoms with Crippen LogP contribution in [0.15, 0.2) is 16.6 Å². The molecule has 1 aliphatic heterocycles. The van der Waals surface area contributed by atoms with Gasteiger partial charge in [-0.15, -0.1) is 0 Å². The van der Waals surface area contributed by atoms with E-state index in [1.165, 1.54) is 6.07 Å². The molecule has 0 saturated carbocycles. The molecule has 2 heterocycles. The number of nitrogens with zero attached hydrogens (tertiary/aromatic N) is 2. The molecule has 3 rings (SSSR count). The van der Waals surface area contributed by atoms with Gasteiger partial charge < -0.3 is 4.74 Å². The molecule has 1 aliphatic rings. The predicted octanol–water partition coefficient (Wildman–Crippen LogP) is 2.82. The molecular weight excluding hydrogens is 275 g/mol. The van der Waals surface area contributed by atoms with Crippen molar-refractivity contribution in [2.45, 2.75) is 13.0 Å². The van der Waals surface area contributed by atoms with Crippen LogP contribution >= 0.6 is 15.9 Å². The molecule has 1 aromatic carbocycles. The van der Waals surface area contributed by atoms with Crippen LogP contribution in [-0.4, -0.2) is 23.0 Å². The van der Waals surface area contributed by atoms with Gasteiger partial charge >= 0.3 is 0 Å². The second-order valence-corrected chi connectivity index (χ2v) is 4.92. The Bertz CT molecular complexity index is 563. The number of hydrogen-bond acceptors (Lipinski definition) is 2. The number of fused-ring (bicyclic) bond motifs is 1. The van der Waals surface area contributed by atoms with Gasteiger partial charge in [0.25, 0.3) is 0 Å². The minimum absolute atomic E-state index is 0.228. The van der Waals surface area contributed by atoms with E-state index < -0.39 is 0 Å². The molecule has 1 saturated heterocycles. The summed E-state index contributed by atoms with van der Waals surface area (Å²) in [4.78, 5) is 0. The molecule has 0 aliphatic carbocycles. The van der Waals surface area contributed by atoms with E-state index in [0.29, 0.717) is 18.6 Å². The molecular formula is C11H10BrFN2O. The van der Waals surface area contributed by atoms with Crippen LogP contribution in [0.25, 0.3) is 10.9 Å². The first-order valence-electron chi connectivity index (χ1n) is 5.08. The highest BCUT2D eigenvalue weighted by Gasteiger charge is 2.25. The molecule has 16 heavy (non-hydrogen) atoms. The van der Waals surface area contributed by atoms with Gasteiger partial charge in [0.05, 0.1) is 35.9 Å². The molecule has 84 valence electrons. The van der Waals surface area contributed by atoms with Crippen molar-refractivity contribution in [2.24, 2.45) is 0 Å². The fourth-order valence-electron chi connectivity index (χ4n) is 2.01. The Morgan fingerprint density at radius 1 is 1.50 bits per heavy atom. The first kappa shape index (κ1) is 10.2. The minimum atomic E-state index is -0.228. The highest BCUT2D eigenvalue weighted by molar-refractivity contribution is 9.10. The molecule has 2 aromatic rings. The van der Waals surface area contributed by atoms with Crippen LogP contribution in [0, 0.1) is 12.7 Å². The average molecular weight is 285 g/mol. The maximum Gasteiger partial charge on any atom is 0.135 e. The first-order chi connectivity index (χ1) is 7.66. The molecule has 0 spiro atoms. The second-order valence-electron chi connectivity index (χ2n) is 4.00. The summed E-state index contributed by atoms with van der Waals surface area (Å²) in [7, 11) is 0. The summed E-state index contributed by atoms with van der Waals surface area (Å²) in [5.41, 5.74) is 1.56. The molecule has 0 amide bonds. The highest BCUT2D eigenvalue weighted by atomic mass is 79.9. The zero-order valence-corrected chi connectivity index (χ0v) is 10.3. The molecule has 3 nitrogen and oxygen atoms in total. The lowest BCUT2D eigenvalue weighted by molar-refractivity contribution is -0.0267. The monoisotopic (exact) mass is 284 g/mol. The van der Waals surface area contributed by atoms with Crippen LogP contribution in [0.5, 0.6) is 0 Å². The Labute approximate surface area is 100 Å². The summed E-state index contributed by atoms with van der Waals surface area (Å²) in [6.07, 6.45) is 0. The summed E-state index contributed by atoms with van der Waals surface area (Å²) in [5, 5.41) is 5.00. The third-order valence-electron chi connectivity index (χ3n) is 2.87. The Balaban J connectivity index is 2.29. The van der Waals surface area contributed by atoms with E-state index in [1.807, 2.05) is 17.7 Å². The molecule has 0 bridgehead atoms. The molecule has 0 N–H and O–H groups in total. The van der Waals surface area contributed by atoms with Gasteiger partial charge in [0, 0.05) is 4.47 Å². The zero-order chi connectivity index (χ0) is 11.3. The third kappa shape index (κ3) is 1.38. The lowest BCUT2D eigenvalue weighted by Crippen LogP contribution is -2.31. The summed E-state index contributed by atoms with van der Waals surface area (Å²) >= 11 is 3.30. The van der Waals surface area contributed by atoms with E-state index in [2.05, 4.69) is 21.0 Å². The normalized spacial score (nSPS) is 16.7. The van der Waals surface area contributed by atoms with Crippen molar-refractivity contribution >= 4 is 26.8 Å². The average Bonchev–Trinajstić information content (AvgIpc) is 2.40. The molecule has 5 heteroatoms. The fraction of sp³-hybridized carbons (Fsp3) is 0.364. The van der Waals surface area contributed by atoms with Crippen molar-refractivity contribution < 1.29 is 9.13 Å². The van der Waals surface area contributed by atoms with Gasteiger partial charge in [-0.1, -0.05) is 15.9 Å². The largest absolute Gasteiger partial charge is 0.377 e. The SMILES string of the molecule is Cc1nn(C2COC2)c2cc(Br)cc(F)c12. The smallest absolute Gasteiger partial charge is 0.135 e. The van der Waals surface area contributed by atoms with Crippen LogP contribution in [0.4, 0.5) is 4.39 Å². The summed E-state index contributed by atoms with van der Waals surface area (Å²) in [6, 6.07) is 3.61. The third-order valence-corrected chi connectivity index (χ3v) is 3.32. The van der Waals surface area contributed by atoms with Gasteiger partial charge in [-0.3, -0.25) is 4.68 Å². The molecule has 0 unspecified atom stereocenters. The lowest BCUT2D eigenvalue weighted by Gasteiger charge is -2.26. The fourth-order valence-corrected chi connectivity index (χ4v) is 2.42. The van der Waals surface area contributed by atoms with Crippen molar-refractivity contribution in [1.29, 1.82) is 0 Å². The summed E-state index contributed by atoms with van der Waals surface area (Å²) < 4.78 is 21.5. The number of benzene rings is 1. The van der Waals surface area contributed by atoms with E-state index >= 15 is 0 Å². The molecule has 0 atom stereocenters. The predicted molar refractivity (Wildman–Crippen MR) is 62.0 cm³/mol. The van der Waals surface area contributed by atoms with Crippen molar-refractivity contribution in [3.05, 3.63) is 28.1 Å². The van der Waals surface area contributed by atoms with Crippen LogP contribution in [0.2, 0.25) is 0 Å². The number of hydrogen-bond donors (Lipinski definition) is 0. The maximum atomic E-state index is 13.8. The van der Waals surface area contributed by atoms with Crippen LogP contribution in [0.1, 0.15) is 11.7 Å². The van der Waals surface area contributed by atoms with E-state index in [9.17, 15) is 4.39 Å². The highest BCUT2D eigenvalue weighted by Crippen LogP contribution is 2.29. The van der Waals surface area contributed by atoms with Crippen molar-refractivity contribution in [3.63, 3.8) is 0 Å². The second kappa shape index (κ2) is 3.53. The minimum Gasteiger partial charge on any atom is -0.377 e. The molecule has 1 aromatic heterocycles. The van der Waals surface area contributed by atoms with Crippen molar-refractivity contribution in [1.82, 2.24) is 9.78 Å². The van der Waals surface area contributed by atoms with Crippen LogP contribution < -0.4 is 0 Å². The van der Waals surface area contributed by atoms with E-state index in [1.54, 1.807) is 0 Å². The van der Waals surface area contributed by atoms with Crippen molar-refractivity contribution in [2.75, 3.05) is 13.2 Å². The van der Waals surface area contributed by atoms with Gasteiger partial charge in [0.2, 0.25) is 0 Å². The molecule has 0 radical (unpaired) electrons. The number of ether oxygens (including phenoxy) is 1. The summed E-state index contributed by atoms with van der Waals surface area (Å²) in [6.45, 7) is 3.14. The number of halogens is 2. The van der Waals surface area contributed by atoms with E-state index in [-0.39, 0.29) is 11.9 Å². The van der Waals surface area contributed by atoms with Gasteiger partial charge in [0.1, 0.15) is 5.82 Å². The van der Waals surface area contributed by atoms with Crippen molar-refractivity contribution in [3.8, 4) is 0 Å². The van der Waals surface area contributed by atoms with Gasteiger partial charge in [-0.25, -0.2) is 4.39 Å². The van der Waals surface area contributed by atoms with E-state index in [0.717, 1.165) is 15.7 Å². The quantitative estimate of drug-likeness (QED) is 0.805. The van der Waals surface area contributed by atoms with Gasteiger partial charge in [0.15, 0.2) is 0 Å². The van der Waals surface area contributed by atoms with Crippen LogP contribution in [-0.2, 0) is 4.74 Å². The van der Waals surface area contributed by atoms with Crippen LogP contribution in [0.3, 0.4) is 0 Å². The first-order valence-corrected chi connectivity index (χ1v) is 5.87. The van der Waals surface area contributed by atoms with Gasteiger partial charge in [-0.05, 0) is 19.1 Å². The number of rotatable bonds is 1. The van der Waals surface area contributed by atoms with E-state index in [4.69, 9.17) is 4.74 Å². The zero-order valence-electron chi connectivity index (χ0n) is 8.70. The summed E-state index contributed by atoms with van der Waals surface area (Å²) in [5.74, 6) is -0.228. The Morgan fingerprint density at radius 3 is 2.88 bits per heavy atom. The number of aryl methyl sites for hydroxylation is 1. The molecule has 1 fully saturated rings. The Kier molecular flexibility index (Phi) is 2.26. The topological polar surface area (TPSA) is 27.1 Å².